The highest BCUT2D eigenvalue weighted by Gasteiger charge is 2.04. The number of nitrogens with zero attached hydrogens (tertiary/aromatic N) is 1. The number of hydrogen-bond donors (Lipinski definition) is 0. The summed E-state index contributed by atoms with van der Waals surface area (Å²) >= 11 is 0. The highest BCUT2D eigenvalue weighted by Crippen LogP contribution is 2.22. The van der Waals surface area contributed by atoms with Crippen LogP contribution in [0.3, 0.4) is 0 Å². The van der Waals surface area contributed by atoms with Gasteiger partial charge in [-0.15, -0.1) is 0 Å². The molecular weight excluding hydrogens is 186 g/mol. The summed E-state index contributed by atoms with van der Waals surface area (Å²) in [7, 11) is 0. The molecule has 2 rings (SSSR count). The summed E-state index contributed by atoms with van der Waals surface area (Å²) in [6, 6.07) is 9.59. The minimum atomic E-state index is 0.702. The molecule has 0 aliphatic heterocycles. The maximum atomic E-state index is 10.9. The van der Waals surface area contributed by atoms with Gasteiger partial charge in [-0.3, -0.25) is 9.78 Å². The smallest absolute Gasteiger partial charge is 0.150 e. The number of aldehydes is 1. The van der Waals surface area contributed by atoms with E-state index in [4.69, 9.17) is 0 Å². The van der Waals surface area contributed by atoms with E-state index in [9.17, 15) is 4.79 Å². The van der Waals surface area contributed by atoms with Crippen LogP contribution in [0.2, 0.25) is 0 Å². The third kappa shape index (κ3) is 1.94. The molecule has 0 unspecified atom stereocenters. The Morgan fingerprint density at radius 3 is 2.80 bits per heavy atom. The number of carbonyl (C=O) groups is 1. The molecule has 15 heavy (non-hydrogen) atoms. The molecule has 0 aliphatic rings. The van der Waals surface area contributed by atoms with Gasteiger partial charge in [0.15, 0.2) is 6.29 Å². The monoisotopic (exact) mass is 197 g/mol. The van der Waals surface area contributed by atoms with E-state index in [0.717, 1.165) is 23.0 Å². The van der Waals surface area contributed by atoms with Crippen molar-refractivity contribution in [3.63, 3.8) is 0 Å². The number of rotatable bonds is 2. The molecule has 0 aliphatic carbocycles. The lowest BCUT2D eigenvalue weighted by molar-refractivity contribution is 0.112. The summed E-state index contributed by atoms with van der Waals surface area (Å²) in [5, 5.41) is 0. The number of aryl methyl sites for hydroxylation is 1. The molecule has 0 saturated heterocycles. The zero-order valence-corrected chi connectivity index (χ0v) is 8.47. The van der Waals surface area contributed by atoms with Crippen LogP contribution in [0.15, 0.2) is 42.7 Å². The normalized spacial score (nSPS) is 9.93. The van der Waals surface area contributed by atoms with Crippen molar-refractivity contribution in [3.8, 4) is 11.1 Å². The van der Waals surface area contributed by atoms with Crippen LogP contribution in [-0.4, -0.2) is 11.3 Å². The first kappa shape index (κ1) is 9.59. The Hall–Kier alpha value is -1.96. The van der Waals surface area contributed by atoms with Crippen molar-refractivity contribution in [3.05, 3.63) is 53.9 Å². The molecule has 0 spiro atoms. The van der Waals surface area contributed by atoms with Crippen LogP contribution in [0.5, 0.6) is 0 Å². The lowest BCUT2D eigenvalue weighted by atomic mass is 10.00. The van der Waals surface area contributed by atoms with Gasteiger partial charge >= 0.3 is 0 Å². The van der Waals surface area contributed by atoms with Gasteiger partial charge in [-0.25, -0.2) is 0 Å². The zero-order valence-electron chi connectivity index (χ0n) is 8.47. The Bertz CT molecular complexity index is 477. The van der Waals surface area contributed by atoms with E-state index in [1.165, 1.54) is 0 Å². The van der Waals surface area contributed by atoms with Crippen LogP contribution in [0.4, 0.5) is 0 Å². The second kappa shape index (κ2) is 4.05. The van der Waals surface area contributed by atoms with Gasteiger partial charge in [0.1, 0.15) is 0 Å². The van der Waals surface area contributed by atoms with Crippen LogP contribution in [0, 0.1) is 6.92 Å². The summed E-state index contributed by atoms with van der Waals surface area (Å²) in [6.45, 7) is 2.01. The van der Waals surface area contributed by atoms with Gasteiger partial charge in [0.25, 0.3) is 0 Å². The molecule has 0 atom stereocenters. The van der Waals surface area contributed by atoms with Crippen LogP contribution in [0.25, 0.3) is 11.1 Å². The van der Waals surface area contributed by atoms with E-state index >= 15 is 0 Å². The Morgan fingerprint density at radius 2 is 2.13 bits per heavy atom. The maximum absolute atomic E-state index is 10.9. The van der Waals surface area contributed by atoms with Gasteiger partial charge in [-0.2, -0.15) is 0 Å². The van der Waals surface area contributed by atoms with E-state index in [2.05, 4.69) is 4.98 Å². The first-order chi connectivity index (χ1) is 7.31. The molecule has 1 aromatic heterocycles. The average molecular weight is 197 g/mol. The fourth-order valence-electron chi connectivity index (χ4n) is 1.54. The predicted molar refractivity (Wildman–Crippen MR) is 59.8 cm³/mol. The van der Waals surface area contributed by atoms with Crippen molar-refractivity contribution in [2.24, 2.45) is 0 Å². The van der Waals surface area contributed by atoms with Crippen molar-refractivity contribution in [2.75, 3.05) is 0 Å². The molecule has 1 heterocycles. The molecule has 2 heteroatoms. The van der Waals surface area contributed by atoms with Crippen molar-refractivity contribution < 1.29 is 4.79 Å². The molecule has 2 nitrogen and oxygen atoms in total. The van der Waals surface area contributed by atoms with E-state index in [-0.39, 0.29) is 0 Å². The van der Waals surface area contributed by atoms with Crippen LogP contribution in [-0.2, 0) is 0 Å². The van der Waals surface area contributed by atoms with Gasteiger partial charge in [0.2, 0.25) is 0 Å². The SMILES string of the molecule is Cc1ccc(C=O)c(-c2cccnc2)c1. The molecule has 0 radical (unpaired) electrons. The van der Waals surface area contributed by atoms with Gasteiger partial charge in [-0.1, -0.05) is 29.8 Å². The number of aromatic nitrogens is 1. The third-order valence-corrected chi connectivity index (χ3v) is 2.31. The number of hydrogen-bond acceptors (Lipinski definition) is 2. The van der Waals surface area contributed by atoms with E-state index in [0.29, 0.717) is 5.56 Å². The summed E-state index contributed by atoms with van der Waals surface area (Å²) in [6.07, 6.45) is 4.36. The number of benzene rings is 1. The van der Waals surface area contributed by atoms with Crippen molar-refractivity contribution >= 4 is 6.29 Å². The quantitative estimate of drug-likeness (QED) is 0.693. The zero-order chi connectivity index (χ0) is 10.7. The van der Waals surface area contributed by atoms with E-state index < -0.39 is 0 Å². The van der Waals surface area contributed by atoms with Crippen molar-refractivity contribution in [1.82, 2.24) is 4.98 Å². The Morgan fingerprint density at radius 1 is 1.27 bits per heavy atom. The minimum absolute atomic E-state index is 0.702. The standard InChI is InChI=1S/C13H11NO/c1-10-4-5-12(9-15)13(7-10)11-3-2-6-14-8-11/h2-9H,1H3. The highest BCUT2D eigenvalue weighted by molar-refractivity contribution is 5.87. The average Bonchev–Trinajstić information content (AvgIpc) is 2.30. The first-order valence-electron chi connectivity index (χ1n) is 4.77. The lowest BCUT2D eigenvalue weighted by Gasteiger charge is -2.05. The van der Waals surface area contributed by atoms with Crippen LogP contribution in [0.1, 0.15) is 15.9 Å². The highest BCUT2D eigenvalue weighted by atomic mass is 16.1. The minimum Gasteiger partial charge on any atom is -0.298 e. The van der Waals surface area contributed by atoms with Gasteiger partial charge in [0.05, 0.1) is 0 Å². The predicted octanol–water partition coefficient (Wildman–Crippen LogP) is 2.87. The summed E-state index contributed by atoms with van der Waals surface area (Å²) < 4.78 is 0. The molecule has 2 aromatic rings. The Balaban J connectivity index is 2.61. The molecule has 0 fully saturated rings. The van der Waals surface area contributed by atoms with Crippen LogP contribution < -0.4 is 0 Å². The maximum Gasteiger partial charge on any atom is 0.150 e. The fraction of sp³-hybridized carbons (Fsp3) is 0.0769. The molecule has 0 saturated carbocycles. The third-order valence-electron chi connectivity index (χ3n) is 2.31. The summed E-state index contributed by atoms with van der Waals surface area (Å²) in [5.41, 5.74) is 3.76. The van der Waals surface area contributed by atoms with E-state index in [1.54, 1.807) is 12.4 Å². The summed E-state index contributed by atoms with van der Waals surface area (Å²) in [5.74, 6) is 0. The largest absolute Gasteiger partial charge is 0.298 e. The second-order valence-corrected chi connectivity index (χ2v) is 3.45. The Kier molecular flexibility index (Phi) is 2.59. The van der Waals surface area contributed by atoms with Gasteiger partial charge in [-0.05, 0) is 18.6 Å². The topological polar surface area (TPSA) is 30.0 Å². The van der Waals surface area contributed by atoms with Gasteiger partial charge in [0, 0.05) is 23.5 Å². The first-order valence-corrected chi connectivity index (χ1v) is 4.77. The number of pyridine rings is 1. The molecular formula is C13H11NO. The van der Waals surface area contributed by atoms with Gasteiger partial charge < -0.3 is 0 Å². The van der Waals surface area contributed by atoms with E-state index in [1.807, 2.05) is 37.3 Å². The summed E-state index contributed by atoms with van der Waals surface area (Å²) in [4.78, 5) is 14.9. The molecule has 0 bridgehead atoms. The fourth-order valence-corrected chi connectivity index (χ4v) is 1.54. The van der Waals surface area contributed by atoms with Crippen molar-refractivity contribution in [2.45, 2.75) is 6.92 Å². The lowest BCUT2D eigenvalue weighted by Crippen LogP contribution is -1.89. The second-order valence-electron chi connectivity index (χ2n) is 3.45. The molecule has 74 valence electrons. The van der Waals surface area contributed by atoms with Crippen LogP contribution >= 0.6 is 0 Å². The molecule has 0 amide bonds. The van der Waals surface area contributed by atoms with Crippen molar-refractivity contribution in [1.29, 1.82) is 0 Å². The number of carbonyl (C=O) groups excluding carboxylic acids is 1. The molecule has 1 aromatic carbocycles. The molecule has 0 N–H and O–H groups in total. The Labute approximate surface area is 88.6 Å².